The summed E-state index contributed by atoms with van der Waals surface area (Å²) in [6.07, 6.45) is 2.78. The van der Waals surface area contributed by atoms with E-state index in [2.05, 4.69) is 46.4 Å². The van der Waals surface area contributed by atoms with E-state index in [4.69, 9.17) is 4.74 Å². The molecule has 1 fully saturated rings. The minimum Gasteiger partial charge on any atom is -0.382 e. The van der Waals surface area contributed by atoms with E-state index in [0.29, 0.717) is 6.10 Å². The Morgan fingerprint density at radius 3 is 3.07 bits per heavy atom. The standard InChI is InChI=1S/C12H16BrNO/c1-9-7-10(13)4-5-12(9)14-8-11-3-2-6-15-11/h4-5,7,11,14H,2-3,6,8H2,1H3. The quantitative estimate of drug-likeness (QED) is 0.909. The van der Waals surface area contributed by atoms with Crippen LogP contribution < -0.4 is 5.32 Å². The van der Waals surface area contributed by atoms with E-state index < -0.39 is 0 Å². The first-order chi connectivity index (χ1) is 7.25. The summed E-state index contributed by atoms with van der Waals surface area (Å²) in [5.41, 5.74) is 2.47. The maximum atomic E-state index is 5.57. The minimum absolute atomic E-state index is 0.396. The molecular formula is C12H16BrNO. The van der Waals surface area contributed by atoms with Crippen molar-refractivity contribution in [3.05, 3.63) is 28.2 Å². The summed E-state index contributed by atoms with van der Waals surface area (Å²) >= 11 is 3.46. The number of nitrogens with one attached hydrogen (secondary N) is 1. The third kappa shape index (κ3) is 2.95. The molecule has 1 saturated heterocycles. The predicted molar refractivity (Wildman–Crippen MR) is 66.3 cm³/mol. The number of hydrogen-bond acceptors (Lipinski definition) is 2. The SMILES string of the molecule is Cc1cc(Br)ccc1NCC1CCCO1. The lowest BCUT2D eigenvalue weighted by molar-refractivity contribution is 0.120. The van der Waals surface area contributed by atoms with E-state index in [9.17, 15) is 0 Å². The monoisotopic (exact) mass is 269 g/mol. The average molecular weight is 270 g/mol. The second kappa shape index (κ2) is 4.99. The highest BCUT2D eigenvalue weighted by Crippen LogP contribution is 2.21. The predicted octanol–water partition coefficient (Wildman–Crippen LogP) is 3.35. The number of halogens is 1. The summed E-state index contributed by atoms with van der Waals surface area (Å²) in [7, 11) is 0. The van der Waals surface area contributed by atoms with E-state index in [1.165, 1.54) is 24.1 Å². The molecule has 1 aliphatic heterocycles. The smallest absolute Gasteiger partial charge is 0.0748 e. The van der Waals surface area contributed by atoms with Crippen molar-refractivity contribution in [3.8, 4) is 0 Å². The van der Waals surface area contributed by atoms with Gasteiger partial charge in [0.2, 0.25) is 0 Å². The van der Waals surface area contributed by atoms with Gasteiger partial charge in [-0.25, -0.2) is 0 Å². The van der Waals surface area contributed by atoms with Crippen molar-refractivity contribution in [2.45, 2.75) is 25.9 Å². The van der Waals surface area contributed by atoms with Crippen molar-refractivity contribution < 1.29 is 4.74 Å². The molecule has 0 bridgehead atoms. The number of anilines is 1. The molecular weight excluding hydrogens is 254 g/mol. The first kappa shape index (κ1) is 11.0. The van der Waals surface area contributed by atoms with Crippen molar-refractivity contribution in [3.63, 3.8) is 0 Å². The third-order valence-electron chi connectivity index (χ3n) is 2.73. The van der Waals surface area contributed by atoms with Crippen molar-refractivity contribution in [2.24, 2.45) is 0 Å². The molecule has 0 aliphatic carbocycles. The molecule has 15 heavy (non-hydrogen) atoms. The van der Waals surface area contributed by atoms with Gasteiger partial charge in [0.15, 0.2) is 0 Å². The van der Waals surface area contributed by atoms with E-state index in [0.717, 1.165) is 17.6 Å². The summed E-state index contributed by atoms with van der Waals surface area (Å²) in [6, 6.07) is 6.29. The van der Waals surface area contributed by atoms with Gasteiger partial charge in [0.1, 0.15) is 0 Å². The molecule has 1 aromatic rings. The molecule has 0 amide bonds. The van der Waals surface area contributed by atoms with Crippen LogP contribution in [0.4, 0.5) is 5.69 Å². The molecule has 0 spiro atoms. The van der Waals surface area contributed by atoms with Crippen LogP contribution in [0.25, 0.3) is 0 Å². The molecule has 1 unspecified atom stereocenters. The molecule has 0 radical (unpaired) electrons. The van der Waals surface area contributed by atoms with Crippen LogP contribution in [0.3, 0.4) is 0 Å². The Hall–Kier alpha value is -0.540. The van der Waals surface area contributed by atoms with Crippen molar-refractivity contribution >= 4 is 21.6 Å². The maximum Gasteiger partial charge on any atom is 0.0748 e. The molecule has 1 aromatic carbocycles. The van der Waals surface area contributed by atoms with Crippen LogP contribution in [0.1, 0.15) is 18.4 Å². The third-order valence-corrected chi connectivity index (χ3v) is 3.23. The van der Waals surface area contributed by atoms with E-state index in [1.807, 2.05) is 0 Å². The van der Waals surface area contributed by atoms with Crippen LogP contribution in [0.5, 0.6) is 0 Å². The Morgan fingerprint density at radius 2 is 2.40 bits per heavy atom. The lowest BCUT2D eigenvalue weighted by Gasteiger charge is -2.13. The van der Waals surface area contributed by atoms with Gasteiger partial charge in [0, 0.05) is 23.3 Å². The molecule has 1 atom stereocenters. The fraction of sp³-hybridized carbons (Fsp3) is 0.500. The van der Waals surface area contributed by atoms with Crippen molar-refractivity contribution in [1.29, 1.82) is 0 Å². The molecule has 3 heteroatoms. The summed E-state index contributed by atoms with van der Waals surface area (Å²) < 4.78 is 6.69. The molecule has 2 rings (SSSR count). The Kier molecular flexibility index (Phi) is 3.65. The normalized spacial score (nSPS) is 20.5. The van der Waals surface area contributed by atoms with Gasteiger partial charge >= 0.3 is 0 Å². The van der Waals surface area contributed by atoms with E-state index >= 15 is 0 Å². The van der Waals surface area contributed by atoms with Crippen LogP contribution in [-0.2, 0) is 4.74 Å². The topological polar surface area (TPSA) is 21.3 Å². The van der Waals surface area contributed by atoms with Gasteiger partial charge in [-0.05, 0) is 43.5 Å². The summed E-state index contributed by atoms with van der Waals surface area (Å²) in [4.78, 5) is 0. The Bertz CT molecular complexity index is 334. The minimum atomic E-state index is 0.396. The van der Waals surface area contributed by atoms with Gasteiger partial charge in [0.25, 0.3) is 0 Å². The zero-order valence-electron chi connectivity index (χ0n) is 8.92. The van der Waals surface area contributed by atoms with Crippen LogP contribution in [0, 0.1) is 6.92 Å². The Labute approximate surface area is 99.1 Å². The summed E-state index contributed by atoms with van der Waals surface area (Å²) in [5.74, 6) is 0. The highest BCUT2D eigenvalue weighted by atomic mass is 79.9. The number of hydrogen-bond donors (Lipinski definition) is 1. The van der Waals surface area contributed by atoms with Gasteiger partial charge in [-0.1, -0.05) is 15.9 Å². The maximum absolute atomic E-state index is 5.57. The van der Waals surface area contributed by atoms with Crippen LogP contribution in [0.15, 0.2) is 22.7 Å². The Balaban J connectivity index is 1.92. The molecule has 0 saturated carbocycles. The highest BCUT2D eigenvalue weighted by Gasteiger charge is 2.14. The van der Waals surface area contributed by atoms with Crippen LogP contribution >= 0.6 is 15.9 Å². The molecule has 2 nitrogen and oxygen atoms in total. The first-order valence-corrected chi connectivity index (χ1v) is 6.16. The van der Waals surface area contributed by atoms with Gasteiger partial charge < -0.3 is 10.1 Å². The average Bonchev–Trinajstić information content (AvgIpc) is 2.69. The zero-order chi connectivity index (χ0) is 10.7. The van der Waals surface area contributed by atoms with Gasteiger partial charge in [-0.2, -0.15) is 0 Å². The first-order valence-electron chi connectivity index (χ1n) is 5.37. The van der Waals surface area contributed by atoms with Crippen LogP contribution in [0.2, 0.25) is 0 Å². The fourth-order valence-corrected chi connectivity index (χ4v) is 2.33. The van der Waals surface area contributed by atoms with E-state index in [1.54, 1.807) is 0 Å². The lowest BCUT2D eigenvalue weighted by atomic mass is 10.2. The largest absolute Gasteiger partial charge is 0.382 e. The lowest BCUT2D eigenvalue weighted by Crippen LogP contribution is -2.18. The number of benzene rings is 1. The molecule has 0 aromatic heterocycles. The zero-order valence-corrected chi connectivity index (χ0v) is 10.5. The Morgan fingerprint density at radius 1 is 1.53 bits per heavy atom. The molecule has 1 aliphatic rings. The number of rotatable bonds is 3. The molecule has 1 N–H and O–H groups in total. The second-order valence-electron chi connectivity index (χ2n) is 3.98. The molecule has 1 heterocycles. The summed E-state index contributed by atoms with van der Waals surface area (Å²) in [5, 5.41) is 3.44. The van der Waals surface area contributed by atoms with Gasteiger partial charge in [-0.15, -0.1) is 0 Å². The highest BCUT2D eigenvalue weighted by molar-refractivity contribution is 9.10. The van der Waals surface area contributed by atoms with Crippen molar-refractivity contribution in [2.75, 3.05) is 18.5 Å². The second-order valence-corrected chi connectivity index (χ2v) is 4.89. The number of aryl methyl sites for hydroxylation is 1. The molecule has 82 valence electrons. The van der Waals surface area contributed by atoms with E-state index in [-0.39, 0.29) is 0 Å². The van der Waals surface area contributed by atoms with Gasteiger partial charge in [0.05, 0.1) is 6.10 Å². The fourth-order valence-electron chi connectivity index (χ4n) is 1.85. The van der Waals surface area contributed by atoms with Gasteiger partial charge in [-0.3, -0.25) is 0 Å². The number of ether oxygens (including phenoxy) is 1. The van der Waals surface area contributed by atoms with Crippen molar-refractivity contribution in [1.82, 2.24) is 0 Å². The van der Waals surface area contributed by atoms with Crippen LogP contribution in [-0.4, -0.2) is 19.3 Å². The summed E-state index contributed by atoms with van der Waals surface area (Å²) in [6.45, 7) is 3.96.